The van der Waals surface area contributed by atoms with Crippen LogP contribution in [0.5, 0.6) is 5.75 Å². The van der Waals surface area contributed by atoms with Gasteiger partial charge in [0.1, 0.15) is 5.75 Å². The Labute approximate surface area is 144 Å². The largest absolute Gasteiger partial charge is 0.491 e. The average molecular weight is 349 g/mol. The molecule has 25 heavy (non-hydrogen) atoms. The number of carbonyl (C=O) groups excluding carboxylic acids is 1. The van der Waals surface area contributed by atoms with Crippen LogP contribution < -0.4 is 4.74 Å². The Balaban J connectivity index is 0.000000271. The number of allylic oxidation sites excluding steroid dienone is 1. The Kier molecular flexibility index (Phi) is 8.12. The number of benzene rings is 2. The van der Waals surface area contributed by atoms with Gasteiger partial charge in [-0.2, -0.15) is 13.2 Å². The third-order valence-electron chi connectivity index (χ3n) is 2.96. The van der Waals surface area contributed by atoms with Crippen LogP contribution in [0.15, 0.2) is 60.7 Å². The number of ether oxygens (including phenoxy) is 1. The highest BCUT2D eigenvalue weighted by Crippen LogP contribution is 2.20. The third-order valence-corrected chi connectivity index (χ3v) is 2.96. The molecule has 0 fully saturated rings. The summed E-state index contributed by atoms with van der Waals surface area (Å²) in [5, 5.41) is 6.74. The minimum Gasteiger partial charge on any atom is -0.420 e. The molecule has 0 aliphatic carbocycles. The molecule has 0 heterocycles. The van der Waals surface area contributed by atoms with E-state index >= 15 is 0 Å². The van der Waals surface area contributed by atoms with Crippen molar-refractivity contribution in [2.75, 3.05) is 0 Å². The topological polar surface area (TPSA) is 50.2 Å². The van der Waals surface area contributed by atoms with Crippen LogP contribution in [0.2, 0.25) is 0 Å². The highest BCUT2D eigenvalue weighted by molar-refractivity contribution is 5.78. The first-order valence-electron chi connectivity index (χ1n) is 7.47. The van der Waals surface area contributed by atoms with Gasteiger partial charge in [0.05, 0.1) is 0 Å². The molecule has 0 atom stereocenters. The van der Waals surface area contributed by atoms with E-state index < -0.39 is 12.1 Å². The number of rotatable bonds is 4. The second-order valence-electron chi connectivity index (χ2n) is 4.82. The van der Waals surface area contributed by atoms with Crippen LogP contribution >= 0.6 is 0 Å². The Morgan fingerprint density at radius 1 is 1.08 bits per heavy atom. The molecule has 2 aromatic rings. The lowest BCUT2D eigenvalue weighted by atomic mass is 10.2. The molecule has 0 aliphatic heterocycles. The molecular formula is C19H18F3NO2. The molecule has 1 N–H and O–H groups in total. The summed E-state index contributed by atoms with van der Waals surface area (Å²) in [5.41, 5.74) is 2.09. The molecule has 0 aliphatic rings. The van der Waals surface area contributed by atoms with Gasteiger partial charge in [0.25, 0.3) is 0 Å². The van der Waals surface area contributed by atoms with Crippen LogP contribution in [0.3, 0.4) is 0 Å². The lowest BCUT2D eigenvalue weighted by Crippen LogP contribution is -2.27. The van der Waals surface area contributed by atoms with Crippen LogP contribution in [-0.4, -0.2) is 18.4 Å². The Hall–Kier alpha value is -2.89. The van der Waals surface area contributed by atoms with Crippen molar-refractivity contribution >= 4 is 18.3 Å². The normalized spacial score (nSPS) is 10.7. The summed E-state index contributed by atoms with van der Waals surface area (Å²) in [6.45, 7) is 1.91. The van der Waals surface area contributed by atoms with Gasteiger partial charge in [0, 0.05) is 6.21 Å². The molecule has 0 unspecified atom stereocenters. The second-order valence-corrected chi connectivity index (χ2v) is 4.82. The summed E-state index contributed by atoms with van der Waals surface area (Å²) in [6, 6.07) is 15.8. The number of alkyl halides is 3. The SMILES string of the molecule is CCc1ccc(OC(=O)C(F)(F)F)cc1.N=C/C=C/c1ccccc1. The third kappa shape index (κ3) is 7.97. The van der Waals surface area contributed by atoms with Crippen molar-refractivity contribution in [2.24, 2.45) is 0 Å². The maximum Gasteiger partial charge on any atom is 0.491 e. The van der Waals surface area contributed by atoms with E-state index in [1.807, 2.05) is 43.3 Å². The van der Waals surface area contributed by atoms with E-state index in [4.69, 9.17) is 5.41 Å². The van der Waals surface area contributed by atoms with Crippen molar-refractivity contribution in [3.8, 4) is 5.75 Å². The number of nitrogens with one attached hydrogen (secondary N) is 1. The first-order valence-corrected chi connectivity index (χ1v) is 7.47. The molecule has 0 saturated heterocycles. The van der Waals surface area contributed by atoms with Gasteiger partial charge in [-0.15, -0.1) is 0 Å². The predicted octanol–water partition coefficient (Wildman–Crippen LogP) is 5.07. The number of aryl methyl sites for hydroxylation is 1. The molecule has 3 nitrogen and oxygen atoms in total. The van der Waals surface area contributed by atoms with Gasteiger partial charge in [-0.1, -0.05) is 55.5 Å². The molecule has 0 radical (unpaired) electrons. The summed E-state index contributed by atoms with van der Waals surface area (Å²) in [7, 11) is 0. The highest BCUT2D eigenvalue weighted by Gasteiger charge is 2.41. The average Bonchev–Trinajstić information content (AvgIpc) is 2.61. The van der Waals surface area contributed by atoms with Crippen molar-refractivity contribution in [1.82, 2.24) is 0 Å². The Bertz CT molecular complexity index is 693. The molecular weight excluding hydrogens is 331 g/mol. The zero-order chi connectivity index (χ0) is 18.7. The van der Waals surface area contributed by atoms with Crippen LogP contribution in [0.4, 0.5) is 13.2 Å². The number of carbonyl (C=O) groups is 1. The monoisotopic (exact) mass is 349 g/mol. The van der Waals surface area contributed by atoms with Crippen LogP contribution in [0.1, 0.15) is 18.1 Å². The quantitative estimate of drug-likeness (QED) is 0.476. The second kappa shape index (κ2) is 10.1. The van der Waals surface area contributed by atoms with E-state index in [9.17, 15) is 18.0 Å². The molecule has 2 aromatic carbocycles. The van der Waals surface area contributed by atoms with E-state index in [0.717, 1.165) is 17.5 Å². The van der Waals surface area contributed by atoms with Crippen LogP contribution in [-0.2, 0) is 11.2 Å². The summed E-state index contributed by atoms with van der Waals surface area (Å²) in [4.78, 5) is 10.4. The molecule has 132 valence electrons. The van der Waals surface area contributed by atoms with Crippen molar-refractivity contribution < 1.29 is 22.7 Å². The van der Waals surface area contributed by atoms with Gasteiger partial charge in [0.2, 0.25) is 0 Å². The van der Waals surface area contributed by atoms with Gasteiger partial charge >= 0.3 is 12.1 Å². The zero-order valence-corrected chi connectivity index (χ0v) is 13.6. The number of esters is 1. The van der Waals surface area contributed by atoms with E-state index in [-0.39, 0.29) is 5.75 Å². The predicted molar refractivity (Wildman–Crippen MR) is 91.8 cm³/mol. The first-order chi connectivity index (χ1) is 11.9. The van der Waals surface area contributed by atoms with E-state index in [2.05, 4.69) is 4.74 Å². The summed E-state index contributed by atoms with van der Waals surface area (Å²) >= 11 is 0. The molecule has 0 spiro atoms. The molecule has 0 aromatic heterocycles. The fraction of sp³-hybridized carbons (Fsp3) is 0.158. The molecule has 6 heteroatoms. The van der Waals surface area contributed by atoms with Gasteiger partial charge in [-0.05, 0) is 35.8 Å². The lowest BCUT2D eigenvalue weighted by molar-refractivity contribution is -0.189. The summed E-state index contributed by atoms with van der Waals surface area (Å²) < 4.78 is 39.5. The van der Waals surface area contributed by atoms with Gasteiger partial charge in [-0.3, -0.25) is 0 Å². The summed E-state index contributed by atoms with van der Waals surface area (Å²) in [5.74, 6) is -2.30. The van der Waals surface area contributed by atoms with Gasteiger partial charge < -0.3 is 10.1 Å². The maximum absolute atomic E-state index is 11.8. The van der Waals surface area contributed by atoms with Gasteiger partial charge in [0.15, 0.2) is 0 Å². The summed E-state index contributed by atoms with van der Waals surface area (Å²) in [6.07, 6.45) is 0.687. The van der Waals surface area contributed by atoms with E-state index in [1.165, 1.54) is 18.3 Å². The highest BCUT2D eigenvalue weighted by atomic mass is 19.4. The standard InChI is InChI=1S/C10H9F3O2.C9H9N/c1-2-7-3-5-8(6-4-7)15-9(14)10(11,12)13;10-8-4-7-9-5-2-1-3-6-9/h3-6H,2H2,1H3;1-8,10H/b;7-4+,10-8?. The van der Waals surface area contributed by atoms with Gasteiger partial charge in [-0.25, -0.2) is 4.79 Å². The van der Waals surface area contributed by atoms with Crippen molar-refractivity contribution in [2.45, 2.75) is 19.5 Å². The maximum atomic E-state index is 11.8. The lowest BCUT2D eigenvalue weighted by Gasteiger charge is -2.06. The minimum atomic E-state index is -4.95. The number of halogens is 3. The smallest absolute Gasteiger partial charge is 0.420 e. The van der Waals surface area contributed by atoms with Crippen molar-refractivity contribution in [1.29, 1.82) is 5.41 Å². The molecule has 2 rings (SSSR count). The van der Waals surface area contributed by atoms with Crippen LogP contribution in [0, 0.1) is 5.41 Å². The fourth-order valence-electron chi connectivity index (χ4n) is 1.68. The van der Waals surface area contributed by atoms with E-state index in [0.29, 0.717) is 0 Å². The molecule has 0 amide bonds. The first kappa shape index (κ1) is 20.2. The number of hydrogen-bond acceptors (Lipinski definition) is 3. The molecule has 0 bridgehead atoms. The van der Waals surface area contributed by atoms with Crippen molar-refractivity contribution in [3.63, 3.8) is 0 Å². The van der Waals surface area contributed by atoms with E-state index in [1.54, 1.807) is 18.2 Å². The zero-order valence-electron chi connectivity index (χ0n) is 13.6. The Morgan fingerprint density at radius 3 is 2.16 bits per heavy atom. The molecule has 0 saturated carbocycles. The Morgan fingerprint density at radius 2 is 1.68 bits per heavy atom. The fourth-order valence-corrected chi connectivity index (χ4v) is 1.68. The number of hydrogen-bond donors (Lipinski definition) is 1. The minimum absolute atomic E-state index is 0.102. The van der Waals surface area contributed by atoms with Crippen LogP contribution in [0.25, 0.3) is 6.08 Å². The van der Waals surface area contributed by atoms with Crippen molar-refractivity contribution in [3.05, 3.63) is 71.8 Å².